The number of pyridine rings is 1. The third-order valence-electron chi connectivity index (χ3n) is 3.99. The van der Waals surface area contributed by atoms with Crippen molar-refractivity contribution in [1.82, 2.24) is 24.1 Å². The van der Waals surface area contributed by atoms with Crippen LogP contribution in [0.3, 0.4) is 0 Å². The lowest BCUT2D eigenvalue weighted by atomic mass is 10.2. The van der Waals surface area contributed by atoms with Crippen molar-refractivity contribution in [2.24, 2.45) is 0 Å². The Morgan fingerprint density at radius 1 is 1.08 bits per heavy atom. The van der Waals surface area contributed by atoms with E-state index >= 15 is 0 Å². The van der Waals surface area contributed by atoms with Crippen molar-refractivity contribution in [2.45, 2.75) is 20.8 Å². The second-order valence-corrected chi connectivity index (χ2v) is 5.77. The quantitative estimate of drug-likeness (QED) is 0.540. The van der Waals surface area contributed by atoms with Gasteiger partial charge in [0.05, 0.1) is 22.3 Å². The molecular formula is C17H14FN5O. The van der Waals surface area contributed by atoms with Gasteiger partial charge >= 0.3 is 0 Å². The van der Waals surface area contributed by atoms with Gasteiger partial charge in [-0.1, -0.05) is 6.07 Å². The highest BCUT2D eigenvalue weighted by Crippen LogP contribution is 2.18. The molecule has 120 valence electrons. The second kappa shape index (κ2) is 4.95. The number of aryl methyl sites for hydroxylation is 3. The summed E-state index contributed by atoms with van der Waals surface area (Å²) in [7, 11) is 0. The number of rotatable bonds is 1. The summed E-state index contributed by atoms with van der Waals surface area (Å²) < 4.78 is 17.1. The van der Waals surface area contributed by atoms with Crippen molar-refractivity contribution in [3.05, 3.63) is 63.7 Å². The maximum Gasteiger partial charge on any atom is 0.266 e. The Bertz CT molecular complexity index is 1180. The minimum atomic E-state index is -0.445. The molecule has 1 aromatic carbocycles. The monoisotopic (exact) mass is 323 g/mol. The lowest BCUT2D eigenvalue weighted by Crippen LogP contribution is -2.21. The molecule has 0 radical (unpaired) electrons. The molecule has 6 nitrogen and oxygen atoms in total. The Balaban J connectivity index is 2.10. The first-order valence-corrected chi connectivity index (χ1v) is 7.47. The van der Waals surface area contributed by atoms with Gasteiger partial charge in [0, 0.05) is 6.20 Å². The van der Waals surface area contributed by atoms with Crippen LogP contribution in [0.5, 0.6) is 0 Å². The van der Waals surface area contributed by atoms with E-state index < -0.39 is 5.82 Å². The fraction of sp³-hybridized carbons (Fsp3) is 0.176. The van der Waals surface area contributed by atoms with Crippen LogP contribution in [-0.2, 0) is 0 Å². The number of hydrogen-bond acceptors (Lipinski definition) is 4. The third kappa shape index (κ3) is 2.01. The summed E-state index contributed by atoms with van der Waals surface area (Å²) in [5.41, 5.74) is 1.81. The van der Waals surface area contributed by atoms with Gasteiger partial charge in [0.15, 0.2) is 0 Å². The van der Waals surface area contributed by atoms with E-state index in [-0.39, 0.29) is 11.2 Å². The van der Waals surface area contributed by atoms with Gasteiger partial charge in [-0.05, 0) is 44.5 Å². The van der Waals surface area contributed by atoms with Gasteiger partial charge in [0.25, 0.3) is 11.3 Å². The van der Waals surface area contributed by atoms with Crippen molar-refractivity contribution in [2.75, 3.05) is 0 Å². The Kier molecular flexibility index (Phi) is 2.99. The van der Waals surface area contributed by atoms with Gasteiger partial charge in [-0.25, -0.2) is 9.37 Å². The molecule has 0 aliphatic carbocycles. The van der Waals surface area contributed by atoms with E-state index in [1.165, 1.54) is 15.1 Å². The first-order valence-electron chi connectivity index (χ1n) is 7.47. The zero-order valence-electron chi connectivity index (χ0n) is 13.4. The highest BCUT2D eigenvalue weighted by molar-refractivity contribution is 5.82. The van der Waals surface area contributed by atoms with Crippen LogP contribution in [-0.4, -0.2) is 24.1 Å². The molecule has 3 heterocycles. The van der Waals surface area contributed by atoms with Crippen LogP contribution in [0.2, 0.25) is 0 Å². The topological polar surface area (TPSA) is 65.1 Å². The number of nitrogens with zero attached hydrogens (tertiary/aromatic N) is 5. The van der Waals surface area contributed by atoms with Crippen LogP contribution in [0.25, 0.3) is 22.4 Å². The normalized spacial score (nSPS) is 11.5. The van der Waals surface area contributed by atoms with Crippen LogP contribution in [0.15, 0.2) is 35.3 Å². The lowest BCUT2D eigenvalue weighted by molar-refractivity contribution is 0.615. The SMILES string of the molecule is Cc1ccc(-n2ccc3c(c(C)nc4nc(C)nn43)c2=O)c(F)c1. The average Bonchev–Trinajstić information content (AvgIpc) is 2.88. The summed E-state index contributed by atoms with van der Waals surface area (Å²) in [6.45, 7) is 5.30. The summed E-state index contributed by atoms with van der Waals surface area (Å²) in [5, 5.41) is 4.67. The minimum Gasteiger partial charge on any atom is -0.281 e. The fourth-order valence-corrected chi connectivity index (χ4v) is 2.88. The standard InChI is InChI=1S/C17H14FN5O/c1-9-4-5-13(12(18)8-9)22-7-6-14-15(16(22)24)10(2)19-17-20-11(3)21-23(14)17/h4-8H,1-3H3. The molecule has 0 spiro atoms. The van der Waals surface area contributed by atoms with E-state index in [1.54, 1.807) is 45.2 Å². The average molecular weight is 323 g/mol. The van der Waals surface area contributed by atoms with E-state index in [0.29, 0.717) is 28.2 Å². The summed E-state index contributed by atoms with van der Waals surface area (Å²) in [6, 6.07) is 6.50. The minimum absolute atomic E-state index is 0.210. The fourth-order valence-electron chi connectivity index (χ4n) is 2.88. The number of hydrogen-bond donors (Lipinski definition) is 0. The Hall–Kier alpha value is -3.09. The van der Waals surface area contributed by atoms with Crippen LogP contribution in [0.1, 0.15) is 17.1 Å². The van der Waals surface area contributed by atoms with Crippen molar-refractivity contribution in [1.29, 1.82) is 0 Å². The van der Waals surface area contributed by atoms with Crippen molar-refractivity contribution < 1.29 is 4.39 Å². The summed E-state index contributed by atoms with van der Waals surface area (Å²) in [6.07, 6.45) is 1.55. The maximum absolute atomic E-state index is 14.3. The molecule has 0 amide bonds. The van der Waals surface area contributed by atoms with E-state index in [4.69, 9.17) is 0 Å². The highest BCUT2D eigenvalue weighted by Gasteiger charge is 2.15. The zero-order chi connectivity index (χ0) is 17.0. The van der Waals surface area contributed by atoms with Gasteiger partial charge in [-0.3, -0.25) is 9.36 Å². The Morgan fingerprint density at radius 3 is 2.62 bits per heavy atom. The first-order chi connectivity index (χ1) is 11.5. The number of benzene rings is 1. The first kappa shape index (κ1) is 14.5. The summed E-state index contributed by atoms with van der Waals surface area (Å²) in [5.74, 6) is 0.569. The molecule has 24 heavy (non-hydrogen) atoms. The van der Waals surface area contributed by atoms with Crippen LogP contribution in [0.4, 0.5) is 4.39 Å². The molecule has 4 rings (SSSR count). The molecule has 0 bridgehead atoms. The molecule has 0 unspecified atom stereocenters. The van der Waals surface area contributed by atoms with Crippen LogP contribution < -0.4 is 5.56 Å². The molecule has 0 atom stereocenters. The predicted octanol–water partition coefficient (Wildman–Crippen LogP) is 2.49. The van der Waals surface area contributed by atoms with E-state index in [1.807, 2.05) is 0 Å². The smallest absolute Gasteiger partial charge is 0.266 e. The van der Waals surface area contributed by atoms with Gasteiger partial charge in [0.1, 0.15) is 11.6 Å². The molecule has 4 aromatic rings. The van der Waals surface area contributed by atoms with Crippen LogP contribution in [0, 0.1) is 26.6 Å². The Morgan fingerprint density at radius 2 is 1.88 bits per heavy atom. The predicted molar refractivity (Wildman–Crippen MR) is 88.1 cm³/mol. The van der Waals surface area contributed by atoms with Gasteiger partial charge < -0.3 is 0 Å². The van der Waals surface area contributed by atoms with E-state index in [9.17, 15) is 9.18 Å². The van der Waals surface area contributed by atoms with E-state index in [2.05, 4.69) is 15.1 Å². The van der Waals surface area contributed by atoms with Gasteiger partial charge in [-0.2, -0.15) is 9.50 Å². The molecule has 0 saturated carbocycles. The van der Waals surface area contributed by atoms with Gasteiger partial charge in [-0.15, -0.1) is 5.10 Å². The number of halogens is 1. The highest BCUT2D eigenvalue weighted by atomic mass is 19.1. The molecule has 0 aliphatic heterocycles. The summed E-state index contributed by atoms with van der Waals surface area (Å²) >= 11 is 0. The maximum atomic E-state index is 14.3. The van der Waals surface area contributed by atoms with Crippen molar-refractivity contribution in [3.63, 3.8) is 0 Å². The molecule has 0 fully saturated rings. The van der Waals surface area contributed by atoms with Crippen LogP contribution >= 0.6 is 0 Å². The van der Waals surface area contributed by atoms with Crippen molar-refractivity contribution >= 4 is 16.7 Å². The second-order valence-electron chi connectivity index (χ2n) is 5.77. The zero-order valence-corrected chi connectivity index (χ0v) is 13.4. The third-order valence-corrected chi connectivity index (χ3v) is 3.99. The van der Waals surface area contributed by atoms with Crippen molar-refractivity contribution in [3.8, 4) is 5.69 Å². The number of aromatic nitrogens is 5. The van der Waals surface area contributed by atoms with E-state index in [0.717, 1.165) is 5.56 Å². The molecule has 0 saturated heterocycles. The number of fused-ring (bicyclic) bond motifs is 3. The molecule has 0 aliphatic rings. The molecule has 3 aromatic heterocycles. The molecule has 0 N–H and O–H groups in total. The van der Waals surface area contributed by atoms with Gasteiger partial charge in [0.2, 0.25) is 0 Å². The summed E-state index contributed by atoms with van der Waals surface area (Å²) in [4.78, 5) is 21.5. The molecular weight excluding hydrogens is 309 g/mol. The lowest BCUT2D eigenvalue weighted by Gasteiger charge is -2.10. The molecule has 7 heteroatoms. The largest absolute Gasteiger partial charge is 0.281 e. The Labute approximate surface area is 136 Å².